The first-order valence-corrected chi connectivity index (χ1v) is 10.2. The Morgan fingerprint density at radius 1 is 1.14 bits per heavy atom. The van der Waals surface area contributed by atoms with E-state index in [-0.39, 0.29) is 5.91 Å². The van der Waals surface area contributed by atoms with E-state index in [1.807, 2.05) is 57.3 Å². The topological polar surface area (TPSA) is 90.0 Å². The maximum Gasteiger partial charge on any atom is 0.266 e. The Labute approximate surface area is 169 Å². The molecule has 0 saturated carbocycles. The average molecular weight is 411 g/mol. The van der Waals surface area contributed by atoms with E-state index >= 15 is 0 Å². The Bertz CT molecular complexity index is 1180. The maximum atomic E-state index is 12.9. The molecule has 2 amide bonds. The van der Waals surface area contributed by atoms with Crippen LogP contribution in [-0.4, -0.2) is 21.6 Å². The van der Waals surface area contributed by atoms with Gasteiger partial charge in [-0.05, 0) is 25.5 Å². The van der Waals surface area contributed by atoms with E-state index in [0.717, 1.165) is 31.9 Å². The van der Waals surface area contributed by atoms with Crippen LogP contribution in [0.3, 0.4) is 0 Å². The van der Waals surface area contributed by atoms with Gasteiger partial charge in [0.2, 0.25) is 0 Å². The quantitative estimate of drug-likeness (QED) is 0.525. The summed E-state index contributed by atoms with van der Waals surface area (Å²) in [4.78, 5) is 27.5. The van der Waals surface area contributed by atoms with Crippen molar-refractivity contribution in [2.45, 2.75) is 13.8 Å². The molecule has 0 atom stereocenters. The molecule has 0 bridgehead atoms. The van der Waals surface area contributed by atoms with Crippen molar-refractivity contribution in [3.8, 4) is 11.1 Å². The number of benzene rings is 1. The highest BCUT2D eigenvalue weighted by Crippen LogP contribution is 2.40. The Morgan fingerprint density at radius 3 is 2.50 bits per heavy atom. The van der Waals surface area contributed by atoms with E-state index in [1.165, 1.54) is 22.7 Å². The molecule has 0 aliphatic heterocycles. The van der Waals surface area contributed by atoms with Crippen molar-refractivity contribution in [3.05, 3.63) is 57.4 Å². The summed E-state index contributed by atoms with van der Waals surface area (Å²) in [5, 5.41) is 8.68. The molecule has 0 fully saturated rings. The van der Waals surface area contributed by atoms with Crippen LogP contribution in [-0.2, 0) is 7.05 Å². The number of carbonyl (C=O) groups excluding carboxylic acids is 2. The number of aryl methyl sites for hydroxylation is 3. The van der Waals surface area contributed by atoms with E-state index in [1.54, 1.807) is 4.68 Å². The number of primary amides is 1. The zero-order valence-corrected chi connectivity index (χ0v) is 17.2. The lowest BCUT2D eigenvalue weighted by atomic mass is 10.0. The van der Waals surface area contributed by atoms with Gasteiger partial charge >= 0.3 is 0 Å². The molecular weight excluding hydrogens is 392 g/mol. The van der Waals surface area contributed by atoms with Gasteiger partial charge in [-0.1, -0.05) is 30.3 Å². The van der Waals surface area contributed by atoms with Crippen LogP contribution in [0.15, 0.2) is 36.4 Å². The van der Waals surface area contributed by atoms with Crippen LogP contribution >= 0.6 is 22.7 Å². The minimum Gasteiger partial charge on any atom is -0.365 e. The van der Waals surface area contributed by atoms with Crippen LogP contribution in [0.25, 0.3) is 21.3 Å². The number of hydrogen-bond donors (Lipinski definition) is 2. The summed E-state index contributed by atoms with van der Waals surface area (Å²) in [6.07, 6.45) is 0. The molecule has 142 valence electrons. The second-order valence-electron chi connectivity index (χ2n) is 6.46. The number of nitrogens with zero attached hydrogens (tertiary/aromatic N) is 2. The molecule has 3 heterocycles. The SMILES string of the molecule is Cc1sc(NC(=O)c2cc3c(C)nn(C)c3s2)c(C(N)=O)c1-c1ccccc1. The van der Waals surface area contributed by atoms with Crippen LogP contribution in [0.5, 0.6) is 0 Å². The lowest BCUT2D eigenvalue weighted by Crippen LogP contribution is -2.16. The van der Waals surface area contributed by atoms with Gasteiger partial charge in [0.05, 0.1) is 16.1 Å². The first-order chi connectivity index (χ1) is 13.4. The molecule has 0 unspecified atom stereocenters. The highest BCUT2D eigenvalue weighted by molar-refractivity contribution is 7.21. The van der Waals surface area contributed by atoms with Gasteiger partial charge in [-0.3, -0.25) is 14.3 Å². The second kappa shape index (κ2) is 6.88. The van der Waals surface area contributed by atoms with Gasteiger partial charge in [0.1, 0.15) is 9.83 Å². The number of nitrogens with two attached hydrogens (primary N) is 1. The maximum absolute atomic E-state index is 12.9. The number of amides is 2. The molecule has 3 N–H and O–H groups in total. The van der Waals surface area contributed by atoms with Crippen molar-refractivity contribution in [2.75, 3.05) is 5.32 Å². The predicted octanol–water partition coefficient (Wildman–Crippen LogP) is 4.33. The molecule has 28 heavy (non-hydrogen) atoms. The molecule has 0 aliphatic carbocycles. The lowest BCUT2D eigenvalue weighted by Gasteiger charge is -2.06. The largest absolute Gasteiger partial charge is 0.365 e. The third-order valence-corrected chi connectivity index (χ3v) is 6.76. The van der Waals surface area contributed by atoms with E-state index in [0.29, 0.717) is 15.4 Å². The first-order valence-electron chi connectivity index (χ1n) is 8.60. The van der Waals surface area contributed by atoms with E-state index < -0.39 is 5.91 Å². The summed E-state index contributed by atoms with van der Waals surface area (Å²) in [5.74, 6) is -0.821. The minimum atomic E-state index is -0.560. The van der Waals surface area contributed by atoms with Gasteiger partial charge in [0, 0.05) is 22.9 Å². The zero-order valence-electron chi connectivity index (χ0n) is 15.6. The third kappa shape index (κ3) is 3.00. The normalized spacial score (nSPS) is 11.1. The number of nitrogens with one attached hydrogen (secondary N) is 1. The average Bonchev–Trinajstić information content (AvgIpc) is 3.30. The minimum absolute atomic E-state index is 0.260. The highest BCUT2D eigenvalue weighted by atomic mass is 32.1. The molecule has 4 rings (SSSR count). The molecule has 4 aromatic rings. The van der Waals surface area contributed by atoms with Crippen LogP contribution in [0.1, 0.15) is 30.6 Å². The van der Waals surface area contributed by atoms with E-state index in [4.69, 9.17) is 5.73 Å². The van der Waals surface area contributed by atoms with Crippen molar-refractivity contribution in [2.24, 2.45) is 12.8 Å². The number of fused-ring (bicyclic) bond motifs is 1. The summed E-state index contributed by atoms with van der Waals surface area (Å²) in [5.41, 5.74) is 8.56. The Kier molecular flexibility index (Phi) is 4.52. The fourth-order valence-electron chi connectivity index (χ4n) is 3.30. The zero-order chi connectivity index (χ0) is 20.0. The number of hydrogen-bond acceptors (Lipinski definition) is 5. The van der Waals surface area contributed by atoms with Crippen molar-refractivity contribution in [3.63, 3.8) is 0 Å². The van der Waals surface area contributed by atoms with Gasteiger partial charge in [-0.15, -0.1) is 22.7 Å². The molecule has 3 aromatic heterocycles. The number of rotatable bonds is 4. The number of anilines is 1. The van der Waals surface area contributed by atoms with Gasteiger partial charge in [0.25, 0.3) is 11.8 Å². The Balaban J connectivity index is 1.74. The van der Waals surface area contributed by atoms with E-state index in [9.17, 15) is 9.59 Å². The first kappa shape index (κ1) is 18.4. The van der Waals surface area contributed by atoms with Crippen LogP contribution < -0.4 is 11.1 Å². The third-order valence-electron chi connectivity index (χ3n) is 4.54. The van der Waals surface area contributed by atoms with Gasteiger partial charge in [-0.2, -0.15) is 5.10 Å². The van der Waals surface area contributed by atoms with Crippen LogP contribution in [0.2, 0.25) is 0 Å². The number of thiophene rings is 2. The standard InChI is InChI=1S/C20H18N4O2S2/c1-10-13-9-14(28-20(13)24(3)23-10)18(26)22-19-16(17(21)25)15(11(2)27-19)12-7-5-4-6-8-12/h4-9H,1-3H3,(H2,21,25)(H,22,26). The van der Waals surface area contributed by atoms with Crippen LogP contribution in [0.4, 0.5) is 5.00 Å². The summed E-state index contributed by atoms with van der Waals surface area (Å²) in [6.45, 7) is 3.83. The fraction of sp³-hybridized carbons (Fsp3) is 0.150. The molecule has 0 radical (unpaired) electrons. The van der Waals surface area contributed by atoms with Gasteiger partial charge in [0.15, 0.2) is 0 Å². The molecule has 1 aromatic carbocycles. The van der Waals surface area contributed by atoms with Crippen molar-refractivity contribution < 1.29 is 9.59 Å². The number of aromatic nitrogens is 2. The summed E-state index contributed by atoms with van der Waals surface area (Å²) < 4.78 is 1.77. The molecule has 6 nitrogen and oxygen atoms in total. The molecule has 0 aliphatic rings. The fourth-order valence-corrected chi connectivity index (χ4v) is 5.40. The summed E-state index contributed by atoms with van der Waals surface area (Å²) in [7, 11) is 1.85. The Morgan fingerprint density at radius 2 is 1.86 bits per heavy atom. The summed E-state index contributed by atoms with van der Waals surface area (Å²) in [6, 6.07) is 11.4. The highest BCUT2D eigenvalue weighted by Gasteiger charge is 2.24. The van der Waals surface area contributed by atoms with Crippen LogP contribution in [0, 0.1) is 13.8 Å². The Hall–Kier alpha value is -2.97. The molecule has 8 heteroatoms. The summed E-state index contributed by atoms with van der Waals surface area (Å²) >= 11 is 2.73. The second-order valence-corrected chi connectivity index (χ2v) is 8.72. The molecular formula is C20H18N4O2S2. The molecule has 0 saturated heterocycles. The van der Waals surface area contributed by atoms with Crippen molar-refractivity contribution in [1.29, 1.82) is 0 Å². The van der Waals surface area contributed by atoms with Gasteiger partial charge in [-0.25, -0.2) is 0 Å². The van der Waals surface area contributed by atoms with Crippen molar-refractivity contribution in [1.82, 2.24) is 9.78 Å². The number of carbonyl (C=O) groups is 2. The van der Waals surface area contributed by atoms with Gasteiger partial charge < -0.3 is 11.1 Å². The molecule has 0 spiro atoms. The van der Waals surface area contributed by atoms with Crippen molar-refractivity contribution >= 4 is 49.7 Å². The monoisotopic (exact) mass is 410 g/mol. The smallest absolute Gasteiger partial charge is 0.266 e. The lowest BCUT2D eigenvalue weighted by molar-refractivity contribution is 0.100. The van der Waals surface area contributed by atoms with E-state index in [2.05, 4.69) is 10.4 Å². The predicted molar refractivity (Wildman–Crippen MR) is 114 cm³/mol.